The molecule has 2 N–H and O–H groups in total. The molecule has 22 heavy (non-hydrogen) atoms. The highest BCUT2D eigenvalue weighted by Crippen LogP contribution is 2.32. The first-order valence-corrected chi connectivity index (χ1v) is 8.21. The number of nitrogens with two attached hydrogens (primary N) is 1. The highest BCUT2D eigenvalue weighted by molar-refractivity contribution is 9.10. The van der Waals surface area contributed by atoms with Gasteiger partial charge in [0.05, 0.1) is 21.0 Å². The Labute approximate surface area is 133 Å². The lowest BCUT2D eigenvalue weighted by Gasteiger charge is -2.10. The van der Waals surface area contributed by atoms with Gasteiger partial charge in [0.25, 0.3) is 0 Å². The van der Waals surface area contributed by atoms with Gasteiger partial charge in [-0.1, -0.05) is 6.07 Å². The lowest BCUT2D eigenvalue weighted by atomic mass is 10.2. The number of hydrogen-bond acceptors (Lipinski definition) is 4. The molecular weight excluding hydrogens is 385 g/mol. The Balaban J connectivity index is 2.58. The van der Waals surface area contributed by atoms with Crippen LogP contribution in [0.15, 0.2) is 50.8 Å². The molecule has 0 spiro atoms. The third-order valence-corrected chi connectivity index (χ3v) is 4.95. The van der Waals surface area contributed by atoms with Crippen LogP contribution in [-0.2, 0) is 22.6 Å². The number of halogens is 4. The Morgan fingerprint density at radius 1 is 1.14 bits per heavy atom. The number of pyridine rings is 1. The van der Waals surface area contributed by atoms with E-state index in [9.17, 15) is 21.6 Å². The summed E-state index contributed by atoms with van der Waals surface area (Å²) >= 11 is 3.05. The minimum atomic E-state index is -4.62. The number of benzene rings is 1. The summed E-state index contributed by atoms with van der Waals surface area (Å²) in [4.78, 5) is 3.35. The zero-order chi connectivity index (χ0) is 16.5. The van der Waals surface area contributed by atoms with Crippen LogP contribution in [0.3, 0.4) is 0 Å². The van der Waals surface area contributed by atoms with Crippen LogP contribution < -0.4 is 5.73 Å². The molecule has 1 aromatic carbocycles. The van der Waals surface area contributed by atoms with Gasteiger partial charge in [0, 0.05) is 6.54 Å². The van der Waals surface area contributed by atoms with Crippen molar-refractivity contribution in [2.45, 2.75) is 22.5 Å². The lowest BCUT2D eigenvalue weighted by molar-refractivity contribution is -0.137. The summed E-state index contributed by atoms with van der Waals surface area (Å²) in [5, 5.41) is 0. The molecule has 0 aliphatic carbocycles. The molecule has 0 unspecified atom stereocenters. The summed E-state index contributed by atoms with van der Waals surface area (Å²) in [6.07, 6.45) is -4.62. The first-order valence-electron chi connectivity index (χ1n) is 5.93. The smallest absolute Gasteiger partial charge is 0.325 e. The van der Waals surface area contributed by atoms with Crippen LogP contribution in [0.4, 0.5) is 13.2 Å². The second kappa shape index (κ2) is 5.98. The number of hydrogen-bond donors (Lipinski definition) is 1. The zero-order valence-electron chi connectivity index (χ0n) is 10.9. The number of alkyl halides is 3. The topological polar surface area (TPSA) is 73.1 Å². The summed E-state index contributed by atoms with van der Waals surface area (Å²) < 4.78 is 63.3. The molecule has 0 aliphatic rings. The Hall–Kier alpha value is -1.45. The van der Waals surface area contributed by atoms with E-state index in [0.29, 0.717) is 11.8 Å². The van der Waals surface area contributed by atoms with Crippen molar-refractivity contribution in [2.24, 2.45) is 5.73 Å². The molecule has 1 heterocycles. The maximum absolute atomic E-state index is 12.7. The van der Waals surface area contributed by atoms with Gasteiger partial charge in [-0.15, -0.1) is 0 Å². The Kier molecular flexibility index (Phi) is 4.59. The molecule has 9 heteroatoms. The average molecular weight is 395 g/mol. The average Bonchev–Trinajstić information content (AvgIpc) is 2.45. The van der Waals surface area contributed by atoms with Crippen LogP contribution in [-0.4, -0.2) is 13.4 Å². The normalized spacial score (nSPS) is 12.4. The number of aromatic nitrogens is 1. The second-order valence-electron chi connectivity index (χ2n) is 4.35. The van der Waals surface area contributed by atoms with E-state index in [1.165, 1.54) is 12.1 Å². The van der Waals surface area contributed by atoms with E-state index in [-0.39, 0.29) is 16.0 Å². The Morgan fingerprint density at radius 2 is 1.82 bits per heavy atom. The quantitative estimate of drug-likeness (QED) is 0.811. The molecule has 118 valence electrons. The summed E-state index contributed by atoms with van der Waals surface area (Å²) in [5.74, 6) is 0. The number of rotatable bonds is 3. The fraction of sp³-hybridized carbons (Fsp3) is 0.154. The fourth-order valence-electron chi connectivity index (χ4n) is 1.76. The molecule has 0 amide bonds. The number of sulfone groups is 1. The van der Waals surface area contributed by atoms with Gasteiger partial charge in [0.1, 0.15) is 4.60 Å². The molecule has 0 saturated carbocycles. The lowest BCUT2D eigenvalue weighted by Crippen LogP contribution is -2.09. The molecule has 2 rings (SSSR count). The summed E-state index contributed by atoms with van der Waals surface area (Å²) in [5.41, 5.74) is 4.70. The van der Waals surface area contributed by atoms with Crippen molar-refractivity contribution < 1.29 is 21.6 Å². The molecule has 0 atom stereocenters. The minimum absolute atomic E-state index is 0.00451. The van der Waals surface area contributed by atoms with Gasteiger partial charge >= 0.3 is 6.18 Å². The molecule has 1 aromatic heterocycles. The van der Waals surface area contributed by atoms with Crippen LogP contribution >= 0.6 is 15.9 Å². The van der Waals surface area contributed by atoms with E-state index < -0.39 is 26.5 Å². The van der Waals surface area contributed by atoms with Gasteiger partial charge in [0.15, 0.2) is 0 Å². The molecule has 2 aromatic rings. The molecular formula is C13H10BrF3N2O2S. The highest BCUT2D eigenvalue weighted by Gasteiger charge is 2.32. The maximum Gasteiger partial charge on any atom is 0.416 e. The van der Waals surface area contributed by atoms with Gasteiger partial charge in [0.2, 0.25) is 9.84 Å². The van der Waals surface area contributed by atoms with Crippen LogP contribution in [0.25, 0.3) is 0 Å². The predicted octanol–water partition coefficient (Wildman–Crippen LogP) is 3.15. The summed E-state index contributed by atoms with van der Waals surface area (Å²) in [6, 6.07) is 6.03. The molecule has 0 bridgehead atoms. The van der Waals surface area contributed by atoms with Crippen molar-refractivity contribution >= 4 is 25.8 Å². The molecule has 0 fully saturated rings. The van der Waals surface area contributed by atoms with E-state index in [1.807, 2.05) is 0 Å². The standard InChI is InChI=1S/C13H10BrF3N2O2S/c14-12-6-11(5-9(7-18)19-12)22(20,21)10-3-1-2-8(4-10)13(15,16)17/h1-6H,7,18H2. The van der Waals surface area contributed by atoms with Crippen LogP contribution in [0.2, 0.25) is 0 Å². The first-order chi connectivity index (χ1) is 10.1. The summed E-state index contributed by atoms with van der Waals surface area (Å²) in [7, 11) is -4.10. The van der Waals surface area contributed by atoms with Crippen LogP contribution in [0.1, 0.15) is 11.3 Å². The van der Waals surface area contributed by atoms with Crippen molar-refractivity contribution in [1.29, 1.82) is 0 Å². The summed E-state index contributed by atoms with van der Waals surface area (Å²) in [6.45, 7) is 0.00451. The van der Waals surface area contributed by atoms with Gasteiger partial charge in [-0.2, -0.15) is 13.2 Å². The van der Waals surface area contributed by atoms with Crippen LogP contribution in [0.5, 0.6) is 0 Å². The van der Waals surface area contributed by atoms with E-state index in [2.05, 4.69) is 20.9 Å². The third-order valence-electron chi connectivity index (χ3n) is 2.81. The van der Waals surface area contributed by atoms with Crippen molar-refractivity contribution in [1.82, 2.24) is 4.98 Å². The van der Waals surface area contributed by atoms with Crippen molar-refractivity contribution in [2.75, 3.05) is 0 Å². The molecule has 0 aliphatic heterocycles. The van der Waals surface area contributed by atoms with E-state index in [1.54, 1.807) is 0 Å². The minimum Gasteiger partial charge on any atom is -0.325 e. The fourth-order valence-corrected chi connectivity index (χ4v) is 3.76. The monoisotopic (exact) mass is 394 g/mol. The van der Waals surface area contributed by atoms with Gasteiger partial charge in [-0.3, -0.25) is 0 Å². The van der Waals surface area contributed by atoms with E-state index in [0.717, 1.165) is 18.2 Å². The SMILES string of the molecule is NCc1cc(S(=O)(=O)c2cccc(C(F)(F)F)c2)cc(Br)n1. The maximum atomic E-state index is 12.7. The number of nitrogens with zero attached hydrogens (tertiary/aromatic N) is 1. The van der Waals surface area contributed by atoms with Crippen molar-refractivity contribution in [3.05, 3.63) is 52.3 Å². The predicted molar refractivity (Wildman–Crippen MR) is 76.7 cm³/mol. The highest BCUT2D eigenvalue weighted by atomic mass is 79.9. The molecule has 4 nitrogen and oxygen atoms in total. The Morgan fingerprint density at radius 3 is 2.41 bits per heavy atom. The molecule has 0 saturated heterocycles. The Bertz CT molecular complexity index is 807. The van der Waals surface area contributed by atoms with Crippen LogP contribution in [0, 0.1) is 0 Å². The zero-order valence-corrected chi connectivity index (χ0v) is 13.3. The largest absolute Gasteiger partial charge is 0.416 e. The molecule has 0 radical (unpaired) electrons. The third kappa shape index (κ3) is 3.47. The van der Waals surface area contributed by atoms with Gasteiger partial charge < -0.3 is 5.73 Å². The van der Waals surface area contributed by atoms with E-state index >= 15 is 0 Å². The van der Waals surface area contributed by atoms with Crippen molar-refractivity contribution in [3.63, 3.8) is 0 Å². The second-order valence-corrected chi connectivity index (χ2v) is 7.11. The van der Waals surface area contributed by atoms with Gasteiger partial charge in [-0.25, -0.2) is 13.4 Å². The first kappa shape index (κ1) is 16.9. The van der Waals surface area contributed by atoms with E-state index in [4.69, 9.17) is 5.73 Å². The van der Waals surface area contributed by atoms with Gasteiger partial charge in [-0.05, 0) is 46.3 Å². The van der Waals surface area contributed by atoms with Crippen molar-refractivity contribution in [3.8, 4) is 0 Å².